The van der Waals surface area contributed by atoms with Crippen molar-refractivity contribution in [3.63, 3.8) is 0 Å². The first-order valence-corrected chi connectivity index (χ1v) is 6.49. The van der Waals surface area contributed by atoms with Crippen molar-refractivity contribution < 1.29 is 7.86 Å². The minimum atomic E-state index is -1.37. The first-order chi connectivity index (χ1) is 4.77. The second kappa shape index (κ2) is 2.04. The fraction of sp³-hybridized carbons (Fsp3) is 0.571. The van der Waals surface area contributed by atoms with Gasteiger partial charge in [-0.2, -0.15) is 0 Å². The van der Waals surface area contributed by atoms with Crippen LogP contribution in [0.5, 0.6) is 0 Å². The van der Waals surface area contributed by atoms with E-state index in [9.17, 15) is 4.79 Å². The molecule has 1 saturated heterocycles. The molecule has 0 aliphatic carbocycles. The van der Waals surface area contributed by atoms with Crippen LogP contribution < -0.4 is 0 Å². The maximum atomic E-state index is 10.6. The number of rotatable bonds is 1. The first-order valence-electron chi connectivity index (χ1n) is 3.28. The van der Waals surface area contributed by atoms with E-state index in [0.717, 1.165) is 12.7 Å². The van der Waals surface area contributed by atoms with Gasteiger partial charge in [0.25, 0.3) is 0 Å². The quantitative estimate of drug-likeness (QED) is 0.403. The van der Waals surface area contributed by atoms with Gasteiger partial charge in [0.05, 0.1) is 0 Å². The fourth-order valence-electron chi connectivity index (χ4n) is 1.30. The zero-order valence-electron chi connectivity index (χ0n) is 5.71. The molecule has 0 amide bonds. The number of aldehydes is 1. The molecular weight excluding hydrogens is 243 g/mol. The molecule has 10 heavy (non-hydrogen) atoms. The molecule has 2 rings (SSSR count). The minimum absolute atomic E-state index is 0.0800. The Kier molecular flexibility index (Phi) is 1.39. The summed E-state index contributed by atoms with van der Waals surface area (Å²) in [5, 5.41) is 0. The molecule has 0 radical (unpaired) electrons. The molecule has 0 N–H and O–H groups in total. The number of hydrogen-bond acceptors (Lipinski definition) is 2. The van der Waals surface area contributed by atoms with Gasteiger partial charge < -0.3 is 0 Å². The monoisotopic (exact) mass is 252 g/mol. The molecule has 0 spiro atoms. The molecule has 2 aliphatic rings. The average Bonchev–Trinajstić information content (AvgIpc) is 2.11. The predicted octanol–water partition coefficient (Wildman–Crippen LogP) is 1.68. The van der Waals surface area contributed by atoms with E-state index >= 15 is 0 Å². The van der Waals surface area contributed by atoms with E-state index in [1.807, 2.05) is 13.0 Å². The van der Waals surface area contributed by atoms with Crippen LogP contribution in [0.3, 0.4) is 0 Å². The van der Waals surface area contributed by atoms with E-state index in [1.165, 1.54) is 0 Å². The molecule has 0 aromatic carbocycles. The Labute approximate surface area is 67.6 Å². The second-order valence-electron chi connectivity index (χ2n) is 2.72. The number of alkyl halides is 1. The summed E-state index contributed by atoms with van der Waals surface area (Å²) < 4.78 is 7.63. The summed E-state index contributed by atoms with van der Waals surface area (Å²) >= 11 is -1.37. The molecule has 2 unspecified atom stereocenters. The summed E-state index contributed by atoms with van der Waals surface area (Å²) in [4.78, 5) is 10.6. The molecule has 0 aromatic heterocycles. The molecule has 0 saturated carbocycles. The van der Waals surface area contributed by atoms with Crippen LogP contribution in [0.4, 0.5) is 0 Å². The van der Waals surface area contributed by atoms with Crippen LogP contribution in [0.25, 0.3) is 0 Å². The molecule has 0 bridgehead atoms. The average molecular weight is 252 g/mol. The third-order valence-electron chi connectivity index (χ3n) is 1.85. The van der Waals surface area contributed by atoms with Crippen LogP contribution in [0, 0.1) is 0 Å². The van der Waals surface area contributed by atoms with Crippen molar-refractivity contribution in [3.8, 4) is 0 Å². The fourth-order valence-corrected chi connectivity index (χ4v) is 5.94. The summed E-state index contributed by atoms with van der Waals surface area (Å²) in [5.74, 6) is 0. The predicted molar refractivity (Wildman–Crippen MR) is 47.1 cm³/mol. The van der Waals surface area contributed by atoms with Gasteiger partial charge in [-0.25, -0.2) is 0 Å². The van der Waals surface area contributed by atoms with Crippen molar-refractivity contribution >= 4 is 26.5 Å². The SMILES string of the molecule is CC1CC2(C=O)C=CI2O1. The summed E-state index contributed by atoms with van der Waals surface area (Å²) in [7, 11) is 0. The van der Waals surface area contributed by atoms with Crippen molar-refractivity contribution in [2.75, 3.05) is 0 Å². The summed E-state index contributed by atoms with van der Waals surface area (Å²) in [6.45, 7) is 2.04. The summed E-state index contributed by atoms with van der Waals surface area (Å²) in [6.07, 6.45) is 4.35. The number of halogens is 1. The Balaban J connectivity index is 2.25. The molecular formula is C7H9IO2. The van der Waals surface area contributed by atoms with E-state index in [4.69, 9.17) is 3.07 Å². The van der Waals surface area contributed by atoms with Crippen LogP contribution in [-0.2, 0) is 7.86 Å². The normalized spacial score (nSPS) is 46.5. The van der Waals surface area contributed by atoms with Crippen LogP contribution in [0.2, 0.25) is 0 Å². The van der Waals surface area contributed by atoms with E-state index in [0.29, 0.717) is 6.10 Å². The Morgan fingerprint density at radius 1 is 1.90 bits per heavy atom. The Hall–Kier alpha value is 0.1000. The number of allylic oxidation sites excluding steroid dienone is 1. The topological polar surface area (TPSA) is 26.3 Å². The van der Waals surface area contributed by atoms with Gasteiger partial charge >= 0.3 is 67.4 Å². The third-order valence-corrected chi connectivity index (χ3v) is 7.31. The van der Waals surface area contributed by atoms with Gasteiger partial charge in [-0.3, -0.25) is 0 Å². The van der Waals surface area contributed by atoms with Gasteiger partial charge in [0, 0.05) is 0 Å². The standard InChI is InChI=1S/C7H9IO2/c1-6-4-7(5-9)2-3-8(7)10-6/h2-3,5-6H,4H2,1H3. The van der Waals surface area contributed by atoms with Crippen molar-refractivity contribution in [2.24, 2.45) is 0 Å². The van der Waals surface area contributed by atoms with Gasteiger partial charge in [-0.15, -0.1) is 0 Å². The van der Waals surface area contributed by atoms with Crippen molar-refractivity contribution in [1.29, 1.82) is 0 Å². The molecule has 2 nitrogen and oxygen atoms in total. The van der Waals surface area contributed by atoms with Crippen LogP contribution in [0.15, 0.2) is 10.2 Å². The number of fused-ring (bicyclic) bond motifs is 1. The second-order valence-corrected chi connectivity index (χ2v) is 7.52. The van der Waals surface area contributed by atoms with Gasteiger partial charge in [0.2, 0.25) is 0 Å². The van der Waals surface area contributed by atoms with Gasteiger partial charge in [0.1, 0.15) is 0 Å². The molecule has 2 aliphatic heterocycles. The summed E-state index contributed by atoms with van der Waals surface area (Å²) in [6, 6.07) is 0. The maximum absolute atomic E-state index is 10.6. The van der Waals surface area contributed by atoms with E-state index in [2.05, 4.69) is 4.08 Å². The van der Waals surface area contributed by atoms with Crippen molar-refractivity contribution in [2.45, 2.75) is 22.9 Å². The van der Waals surface area contributed by atoms with E-state index < -0.39 is 20.2 Å². The zero-order chi connectivity index (χ0) is 7.19. The van der Waals surface area contributed by atoms with Crippen molar-refractivity contribution in [3.05, 3.63) is 10.2 Å². The zero-order valence-corrected chi connectivity index (χ0v) is 7.87. The summed E-state index contributed by atoms with van der Waals surface area (Å²) in [5.41, 5.74) is 0. The van der Waals surface area contributed by atoms with Crippen LogP contribution in [0.1, 0.15) is 13.3 Å². The molecule has 2 atom stereocenters. The number of hydrogen-bond donors (Lipinski definition) is 0. The third kappa shape index (κ3) is 0.703. The number of carbonyl (C=O) groups excluding carboxylic acids is 1. The molecule has 2 heterocycles. The molecule has 1 fully saturated rings. The van der Waals surface area contributed by atoms with Crippen LogP contribution >= 0.6 is 20.2 Å². The van der Waals surface area contributed by atoms with E-state index in [1.54, 1.807) is 0 Å². The molecule has 56 valence electrons. The van der Waals surface area contributed by atoms with Crippen molar-refractivity contribution in [1.82, 2.24) is 0 Å². The Morgan fingerprint density at radius 2 is 2.70 bits per heavy atom. The Bertz CT molecular complexity index is 202. The first kappa shape index (κ1) is 6.79. The van der Waals surface area contributed by atoms with Gasteiger partial charge in [-0.1, -0.05) is 0 Å². The van der Waals surface area contributed by atoms with Gasteiger partial charge in [0.15, 0.2) is 0 Å². The van der Waals surface area contributed by atoms with Crippen LogP contribution in [-0.4, -0.2) is 15.8 Å². The van der Waals surface area contributed by atoms with E-state index in [-0.39, 0.29) is 3.42 Å². The molecule has 0 aromatic rings. The number of carbonyl (C=O) groups is 1. The Morgan fingerprint density at radius 3 is 3.00 bits per heavy atom. The van der Waals surface area contributed by atoms with Gasteiger partial charge in [-0.05, 0) is 0 Å². The molecule has 3 heteroatoms.